The first-order valence-corrected chi connectivity index (χ1v) is 13.0. The number of ketones is 1. The average molecular weight is 598 g/mol. The van der Waals surface area contributed by atoms with Gasteiger partial charge in [-0.25, -0.2) is 9.59 Å². The highest BCUT2D eigenvalue weighted by atomic mass is 16.6. The molecule has 1 heterocycles. The van der Waals surface area contributed by atoms with Crippen LogP contribution in [-0.4, -0.2) is 75.0 Å². The molecule has 1 aliphatic rings. The highest BCUT2D eigenvalue weighted by molar-refractivity contribution is 6.30. The highest BCUT2D eigenvalue weighted by Gasteiger charge is 2.29. The Hall–Kier alpha value is -5.37. The number of carboxylic acids is 1. The van der Waals surface area contributed by atoms with Crippen LogP contribution in [0.4, 0.5) is 0 Å². The quantitative estimate of drug-likeness (QED) is 0.106. The third-order valence-electron chi connectivity index (χ3n) is 6.70. The van der Waals surface area contributed by atoms with Crippen LogP contribution in [0.15, 0.2) is 39.7 Å². The van der Waals surface area contributed by atoms with Crippen LogP contribution in [0.1, 0.15) is 51.6 Å². The second-order valence-corrected chi connectivity index (χ2v) is 9.48. The van der Waals surface area contributed by atoms with E-state index in [0.717, 1.165) is 18.4 Å². The van der Waals surface area contributed by atoms with E-state index in [2.05, 4.69) is 5.32 Å². The van der Waals surface area contributed by atoms with Gasteiger partial charge in [0.15, 0.2) is 28.8 Å². The van der Waals surface area contributed by atoms with Gasteiger partial charge < -0.3 is 44.7 Å². The smallest absolute Gasteiger partial charge is 0.343 e. The van der Waals surface area contributed by atoms with E-state index in [4.69, 9.17) is 19.0 Å². The topological polar surface area (TPSA) is 230 Å². The summed E-state index contributed by atoms with van der Waals surface area (Å²) in [5, 5.41) is 51.1. The predicted molar refractivity (Wildman–Crippen MR) is 147 cm³/mol. The Labute approximate surface area is 242 Å². The lowest BCUT2D eigenvalue weighted by Crippen LogP contribution is -2.40. The number of carbonyl (C=O) groups excluding carboxylic acids is 3. The molecule has 43 heavy (non-hydrogen) atoms. The van der Waals surface area contributed by atoms with Gasteiger partial charge in [0.25, 0.3) is 0 Å². The molecule has 2 aromatic carbocycles. The number of allylic oxidation sites excluding steroid dienone is 2. The zero-order chi connectivity index (χ0) is 31.4. The fourth-order valence-corrected chi connectivity index (χ4v) is 4.47. The number of esters is 1. The van der Waals surface area contributed by atoms with Crippen LogP contribution in [0, 0.1) is 0 Å². The van der Waals surface area contributed by atoms with E-state index in [-0.39, 0.29) is 61.4 Å². The number of aliphatic carboxylic acids is 1. The van der Waals surface area contributed by atoms with E-state index in [1.54, 1.807) is 6.92 Å². The lowest BCUT2D eigenvalue weighted by atomic mass is 9.86. The Bertz CT molecular complexity index is 1720. The summed E-state index contributed by atoms with van der Waals surface area (Å²) < 4.78 is 15.8. The molecule has 0 saturated carbocycles. The van der Waals surface area contributed by atoms with Gasteiger partial charge in [-0.05, 0) is 30.5 Å². The monoisotopic (exact) mass is 597 g/mol. The van der Waals surface area contributed by atoms with E-state index in [9.17, 15) is 44.4 Å². The molecule has 0 aliphatic heterocycles. The number of benzene rings is 2. The molecule has 0 radical (unpaired) electrons. The molecule has 1 atom stereocenters. The maximum absolute atomic E-state index is 13.6. The first-order chi connectivity index (χ1) is 20.4. The van der Waals surface area contributed by atoms with Crippen molar-refractivity contribution in [2.75, 3.05) is 19.8 Å². The number of nitrogens with one attached hydrogen (secondary N) is 1. The number of fused-ring (bicyclic) bond motifs is 2. The van der Waals surface area contributed by atoms with Crippen LogP contribution >= 0.6 is 0 Å². The van der Waals surface area contributed by atoms with E-state index >= 15 is 0 Å². The van der Waals surface area contributed by atoms with Gasteiger partial charge in [-0.1, -0.05) is 13.0 Å². The van der Waals surface area contributed by atoms with Crippen LogP contribution in [0.5, 0.6) is 23.0 Å². The van der Waals surface area contributed by atoms with Gasteiger partial charge in [0, 0.05) is 23.6 Å². The summed E-state index contributed by atoms with van der Waals surface area (Å²) in [6.07, 6.45) is 2.55. The van der Waals surface area contributed by atoms with Crippen molar-refractivity contribution in [3.8, 4) is 23.0 Å². The number of amides is 1. The maximum atomic E-state index is 13.6. The van der Waals surface area contributed by atoms with E-state index in [1.165, 1.54) is 12.1 Å². The molecule has 14 nitrogen and oxygen atoms in total. The fourth-order valence-electron chi connectivity index (χ4n) is 4.47. The molecule has 4 rings (SSSR count). The number of hydrogen-bond acceptors (Lipinski definition) is 12. The number of phenolic OH excluding ortho intramolecular Hbond substituents is 4. The zero-order valence-electron chi connectivity index (χ0n) is 22.7. The Morgan fingerprint density at radius 2 is 1.70 bits per heavy atom. The maximum Gasteiger partial charge on any atom is 0.343 e. The van der Waals surface area contributed by atoms with Gasteiger partial charge in [0.1, 0.15) is 30.1 Å². The summed E-state index contributed by atoms with van der Waals surface area (Å²) >= 11 is 0. The summed E-state index contributed by atoms with van der Waals surface area (Å²) in [7, 11) is 0. The first kappa shape index (κ1) is 30.6. The van der Waals surface area contributed by atoms with Crippen LogP contribution in [0.2, 0.25) is 0 Å². The third kappa shape index (κ3) is 6.28. The molecular weight excluding hydrogens is 570 g/mol. The molecule has 226 valence electrons. The number of carboxylic acid groups (broad SMARTS) is 1. The van der Waals surface area contributed by atoms with Gasteiger partial charge in [0.2, 0.25) is 11.3 Å². The number of rotatable bonds is 11. The molecule has 6 N–H and O–H groups in total. The molecule has 0 saturated heterocycles. The summed E-state index contributed by atoms with van der Waals surface area (Å²) in [5.41, 5.74) is -1.79. The Balaban J connectivity index is 1.50. The second-order valence-electron chi connectivity index (χ2n) is 9.48. The Morgan fingerprint density at radius 3 is 2.40 bits per heavy atom. The van der Waals surface area contributed by atoms with Crippen molar-refractivity contribution in [2.45, 2.75) is 32.2 Å². The van der Waals surface area contributed by atoms with Crippen LogP contribution in [-0.2, 0) is 25.5 Å². The van der Waals surface area contributed by atoms with Gasteiger partial charge in [-0.15, -0.1) is 0 Å². The molecular formula is C29H27NO13. The minimum absolute atomic E-state index is 0.0463. The van der Waals surface area contributed by atoms with Crippen molar-refractivity contribution in [1.29, 1.82) is 0 Å². The van der Waals surface area contributed by atoms with Crippen LogP contribution in [0.3, 0.4) is 0 Å². The largest absolute Gasteiger partial charge is 0.504 e. The van der Waals surface area contributed by atoms with E-state index in [1.807, 2.05) is 0 Å². The van der Waals surface area contributed by atoms with Crippen molar-refractivity contribution in [3.63, 3.8) is 0 Å². The van der Waals surface area contributed by atoms with Crippen LogP contribution in [0.25, 0.3) is 16.5 Å². The summed E-state index contributed by atoms with van der Waals surface area (Å²) in [4.78, 5) is 62.6. The summed E-state index contributed by atoms with van der Waals surface area (Å²) in [6, 6.07) is 2.19. The lowest BCUT2D eigenvalue weighted by Gasteiger charge is -2.17. The molecule has 1 amide bonds. The molecule has 14 heteroatoms. The first-order valence-electron chi connectivity index (χ1n) is 13.0. The number of Topliss-reactive ketones (excluding diaryl/α,β-unsaturated/α-hetero) is 1. The standard InChI is InChI=1S/C29H27NO13/c1-2-17(28(38)39)30-22(34)5-6-41-7-8-42-29(40)24-23-21(11-20(33)27(24)37)43-12-16(26(23)36)14-4-3-13-9-18(31)19(32)10-15(13)25(14)35/h4,9-12,17,31-33,37H,2-3,5-8H2,1H3,(H,30,34)(H,38,39)/t17-/m0/s1. The van der Waals surface area contributed by atoms with Crippen molar-refractivity contribution in [2.24, 2.45) is 0 Å². The van der Waals surface area contributed by atoms with E-state index < -0.39 is 69.0 Å². The second kappa shape index (κ2) is 12.7. The Kier molecular flexibility index (Phi) is 9.00. The molecule has 3 aromatic rings. The number of aromatic hydroxyl groups is 4. The third-order valence-corrected chi connectivity index (χ3v) is 6.70. The highest BCUT2D eigenvalue weighted by Crippen LogP contribution is 2.37. The number of phenols is 4. The fraction of sp³-hybridized carbons (Fsp3) is 0.276. The van der Waals surface area contributed by atoms with Gasteiger partial charge >= 0.3 is 11.9 Å². The zero-order valence-corrected chi connectivity index (χ0v) is 22.7. The molecule has 0 spiro atoms. The minimum Gasteiger partial charge on any atom is -0.504 e. The molecule has 0 fully saturated rings. The van der Waals surface area contributed by atoms with E-state index in [0.29, 0.717) is 5.56 Å². The SMILES string of the molecule is CC[C@H](NC(=O)CCOCCOC(=O)c1c(O)c(O)cc2occ(C3=CCc4cc(O)c(O)cc4C3=O)c(=O)c12)C(=O)O. The number of carbonyl (C=O) groups is 4. The molecule has 0 bridgehead atoms. The molecule has 1 aliphatic carbocycles. The van der Waals surface area contributed by atoms with Crippen LogP contribution < -0.4 is 10.7 Å². The van der Waals surface area contributed by atoms with Gasteiger partial charge in [-0.2, -0.15) is 0 Å². The lowest BCUT2D eigenvalue weighted by molar-refractivity contribution is -0.142. The average Bonchev–Trinajstić information content (AvgIpc) is 2.96. The Morgan fingerprint density at radius 1 is 0.977 bits per heavy atom. The number of ether oxygens (including phenoxy) is 2. The minimum atomic E-state index is -1.22. The number of hydrogen-bond donors (Lipinski definition) is 6. The summed E-state index contributed by atoms with van der Waals surface area (Å²) in [6.45, 7) is 0.908. The molecule has 1 aromatic heterocycles. The van der Waals surface area contributed by atoms with Crippen molar-refractivity contribution >= 4 is 40.2 Å². The predicted octanol–water partition coefficient (Wildman–Crippen LogP) is 1.98. The van der Waals surface area contributed by atoms with Gasteiger partial charge in [-0.3, -0.25) is 14.4 Å². The van der Waals surface area contributed by atoms with Crippen molar-refractivity contribution < 1.29 is 58.6 Å². The van der Waals surface area contributed by atoms with Crippen molar-refractivity contribution in [3.05, 3.63) is 63.0 Å². The van der Waals surface area contributed by atoms with Gasteiger partial charge in [0.05, 0.1) is 24.2 Å². The molecule has 0 unspecified atom stereocenters. The summed E-state index contributed by atoms with van der Waals surface area (Å²) in [5.74, 6) is -6.26. The normalized spacial score (nSPS) is 13.2. The van der Waals surface area contributed by atoms with Crippen molar-refractivity contribution in [1.82, 2.24) is 5.32 Å².